The first kappa shape index (κ1) is 33.3. The van der Waals surface area contributed by atoms with Crippen LogP contribution in [0.5, 0.6) is 5.75 Å². The summed E-state index contributed by atoms with van der Waals surface area (Å²) >= 11 is 1.66. The number of amides is 3. The molecule has 0 bridgehead atoms. The van der Waals surface area contributed by atoms with E-state index in [2.05, 4.69) is 58.5 Å². The van der Waals surface area contributed by atoms with E-state index in [1.807, 2.05) is 32.6 Å². The standard InChI is InChI=1S/C38H38N6O5S/c1-23-17-25(21-40-35(23)37-41-31-11-8-28(43(2)3)19-33(31)50-37)24-6-7-27(39-20-24)5-4-14-48-15-16-49-29-9-10-30-26(18-29)22-44(38(30)47)32-12-13-34(45)42-36(32)46/h6-11,17-21,32H,4-5,12-16,22H2,1-3H3,(H,42,45,46). The summed E-state index contributed by atoms with van der Waals surface area (Å²) in [6.45, 7) is 3.78. The Labute approximate surface area is 294 Å². The predicted molar refractivity (Wildman–Crippen MR) is 192 cm³/mol. The second-order valence-corrected chi connectivity index (χ2v) is 13.8. The van der Waals surface area contributed by atoms with E-state index in [4.69, 9.17) is 19.4 Å². The highest BCUT2D eigenvalue weighted by Crippen LogP contribution is 2.34. The normalized spacial score (nSPS) is 15.8. The molecule has 11 nitrogen and oxygen atoms in total. The van der Waals surface area contributed by atoms with Gasteiger partial charge < -0.3 is 19.3 Å². The van der Waals surface area contributed by atoms with Gasteiger partial charge in [-0.1, -0.05) is 6.07 Å². The van der Waals surface area contributed by atoms with Gasteiger partial charge in [-0.15, -0.1) is 11.3 Å². The van der Waals surface area contributed by atoms with Crippen LogP contribution < -0.4 is 15.0 Å². The fraction of sp³-hybridized carbons (Fsp3) is 0.316. The second kappa shape index (κ2) is 14.3. The van der Waals surface area contributed by atoms with Crippen LogP contribution in [0.25, 0.3) is 32.0 Å². The van der Waals surface area contributed by atoms with E-state index in [0.717, 1.165) is 67.4 Å². The molecule has 3 amide bonds. The maximum atomic E-state index is 12.9. The fourth-order valence-corrected chi connectivity index (χ4v) is 7.37. The average Bonchev–Trinajstić information content (AvgIpc) is 3.68. The maximum Gasteiger partial charge on any atom is 0.255 e. The number of imide groups is 1. The summed E-state index contributed by atoms with van der Waals surface area (Å²) in [5, 5.41) is 3.25. The third kappa shape index (κ3) is 7.08. The van der Waals surface area contributed by atoms with Gasteiger partial charge in [0.05, 0.1) is 16.8 Å². The molecule has 1 saturated heterocycles. The van der Waals surface area contributed by atoms with Crippen molar-refractivity contribution in [3.8, 4) is 27.6 Å². The molecule has 2 aliphatic rings. The number of nitrogens with zero attached hydrogens (tertiary/aromatic N) is 5. The van der Waals surface area contributed by atoms with Crippen LogP contribution in [-0.2, 0) is 27.3 Å². The average molecular weight is 691 g/mol. The number of hydrogen-bond acceptors (Lipinski definition) is 10. The van der Waals surface area contributed by atoms with E-state index in [0.29, 0.717) is 44.1 Å². The number of carbonyl (C=O) groups is 3. The number of aryl methyl sites for hydroxylation is 2. The van der Waals surface area contributed by atoms with E-state index in [1.54, 1.807) is 23.5 Å². The van der Waals surface area contributed by atoms with Crippen molar-refractivity contribution in [1.29, 1.82) is 0 Å². The van der Waals surface area contributed by atoms with Crippen LogP contribution in [-0.4, -0.2) is 77.5 Å². The summed E-state index contributed by atoms with van der Waals surface area (Å²) in [6, 6.07) is 17.3. The number of pyridine rings is 2. The molecule has 1 N–H and O–H groups in total. The smallest absolute Gasteiger partial charge is 0.255 e. The number of nitrogens with one attached hydrogen (secondary N) is 1. The summed E-state index contributed by atoms with van der Waals surface area (Å²) in [6.07, 6.45) is 5.99. The van der Waals surface area contributed by atoms with Crippen molar-refractivity contribution in [1.82, 2.24) is 25.2 Å². The van der Waals surface area contributed by atoms with Gasteiger partial charge in [-0.05, 0) is 85.8 Å². The van der Waals surface area contributed by atoms with E-state index < -0.39 is 11.9 Å². The zero-order chi connectivity index (χ0) is 34.8. The van der Waals surface area contributed by atoms with Crippen molar-refractivity contribution < 1.29 is 23.9 Å². The Morgan fingerprint density at radius 1 is 0.960 bits per heavy atom. The third-order valence-corrected chi connectivity index (χ3v) is 10.1. The number of hydrogen-bond donors (Lipinski definition) is 1. The van der Waals surface area contributed by atoms with Crippen LogP contribution in [0.2, 0.25) is 0 Å². The lowest BCUT2D eigenvalue weighted by Crippen LogP contribution is -2.52. The molecule has 1 atom stereocenters. The summed E-state index contributed by atoms with van der Waals surface area (Å²) in [5.41, 5.74) is 8.51. The van der Waals surface area contributed by atoms with Crippen LogP contribution in [0.4, 0.5) is 5.69 Å². The molecule has 0 saturated carbocycles. The lowest BCUT2D eigenvalue weighted by Gasteiger charge is -2.29. The second-order valence-electron chi connectivity index (χ2n) is 12.8. The van der Waals surface area contributed by atoms with Gasteiger partial charge in [-0.25, -0.2) is 4.98 Å². The van der Waals surface area contributed by atoms with Gasteiger partial charge in [0.25, 0.3) is 5.91 Å². The van der Waals surface area contributed by atoms with Crippen molar-refractivity contribution in [3.63, 3.8) is 0 Å². The Morgan fingerprint density at radius 3 is 2.60 bits per heavy atom. The minimum absolute atomic E-state index is 0.199. The quantitative estimate of drug-likeness (QED) is 0.132. The van der Waals surface area contributed by atoms with Crippen LogP contribution in [0.15, 0.2) is 67.0 Å². The summed E-state index contributed by atoms with van der Waals surface area (Å²) < 4.78 is 12.8. The Morgan fingerprint density at radius 2 is 1.82 bits per heavy atom. The van der Waals surface area contributed by atoms with Crippen molar-refractivity contribution in [2.45, 2.75) is 45.2 Å². The fourth-order valence-electron chi connectivity index (χ4n) is 6.31. The molecule has 1 fully saturated rings. The SMILES string of the molecule is Cc1cc(-c2ccc(CCCOCCOc3ccc4c(c3)CN(C3CCC(=O)NC3=O)C4=O)nc2)cnc1-c1nc2ccc(N(C)C)cc2s1. The number of fused-ring (bicyclic) bond motifs is 2. The molecule has 2 aliphatic heterocycles. The highest BCUT2D eigenvalue weighted by molar-refractivity contribution is 7.21. The Kier molecular flexibility index (Phi) is 9.55. The van der Waals surface area contributed by atoms with Crippen LogP contribution >= 0.6 is 11.3 Å². The Balaban J connectivity index is 0.846. The molecule has 1 unspecified atom stereocenters. The van der Waals surface area contributed by atoms with Gasteiger partial charge in [0.1, 0.15) is 29.1 Å². The molecule has 5 aromatic rings. The number of benzene rings is 2. The Bertz CT molecular complexity index is 2080. The number of carbonyl (C=O) groups excluding carboxylic acids is 3. The third-order valence-electron chi connectivity index (χ3n) is 9.04. The molecule has 7 rings (SSSR count). The van der Waals surface area contributed by atoms with Crippen molar-refractivity contribution in [3.05, 3.63) is 89.4 Å². The molecule has 3 aromatic heterocycles. The molecule has 2 aromatic carbocycles. The van der Waals surface area contributed by atoms with Crippen LogP contribution in [0, 0.1) is 6.92 Å². The number of piperidine rings is 1. The predicted octanol–water partition coefficient (Wildman–Crippen LogP) is 5.58. The number of anilines is 1. The van der Waals surface area contributed by atoms with E-state index >= 15 is 0 Å². The lowest BCUT2D eigenvalue weighted by molar-refractivity contribution is -0.136. The highest BCUT2D eigenvalue weighted by Gasteiger charge is 2.39. The van der Waals surface area contributed by atoms with Gasteiger partial charge in [0.2, 0.25) is 11.8 Å². The molecular weight excluding hydrogens is 653 g/mol. The lowest BCUT2D eigenvalue weighted by atomic mass is 10.0. The van der Waals surface area contributed by atoms with Gasteiger partial charge in [-0.3, -0.25) is 29.7 Å². The van der Waals surface area contributed by atoms with Crippen LogP contribution in [0.1, 0.15) is 46.4 Å². The number of ether oxygens (including phenoxy) is 2. The first-order valence-electron chi connectivity index (χ1n) is 16.7. The van der Waals surface area contributed by atoms with E-state index in [1.165, 1.54) is 4.90 Å². The molecule has 0 spiro atoms. The van der Waals surface area contributed by atoms with E-state index in [-0.39, 0.29) is 18.2 Å². The molecule has 0 aliphatic carbocycles. The summed E-state index contributed by atoms with van der Waals surface area (Å²) in [7, 11) is 4.08. The first-order chi connectivity index (χ1) is 24.2. The zero-order valence-corrected chi connectivity index (χ0v) is 29.1. The summed E-state index contributed by atoms with van der Waals surface area (Å²) in [5.74, 6) is -0.273. The van der Waals surface area contributed by atoms with Gasteiger partial charge >= 0.3 is 0 Å². The first-order valence-corrected chi connectivity index (χ1v) is 17.5. The largest absolute Gasteiger partial charge is 0.491 e. The maximum absolute atomic E-state index is 12.9. The van der Waals surface area contributed by atoms with Crippen molar-refractivity contribution >= 4 is 45.0 Å². The molecule has 256 valence electrons. The van der Waals surface area contributed by atoms with Crippen molar-refractivity contribution in [2.75, 3.05) is 38.8 Å². The molecule has 12 heteroatoms. The highest BCUT2D eigenvalue weighted by atomic mass is 32.1. The Hall–Kier alpha value is -5.20. The minimum Gasteiger partial charge on any atom is -0.491 e. The number of rotatable bonds is 12. The molecule has 5 heterocycles. The summed E-state index contributed by atoms with van der Waals surface area (Å²) in [4.78, 5) is 54.6. The zero-order valence-electron chi connectivity index (χ0n) is 28.3. The van der Waals surface area contributed by atoms with Crippen LogP contribution in [0.3, 0.4) is 0 Å². The van der Waals surface area contributed by atoms with Gasteiger partial charge in [-0.2, -0.15) is 0 Å². The molecular formula is C38H38N6O5S. The molecule has 0 radical (unpaired) electrons. The number of aromatic nitrogens is 3. The monoisotopic (exact) mass is 690 g/mol. The number of thiazole rings is 1. The van der Waals surface area contributed by atoms with E-state index in [9.17, 15) is 14.4 Å². The van der Waals surface area contributed by atoms with Crippen molar-refractivity contribution in [2.24, 2.45) is 0 Å². The van der Waals surface area contributed by atoms with Gasteiger partial charge in [0, 0.05) is 74.1 Å². The topological polar surface area (TPSA) is 127 Å². The molecule has 50 heavy (non-hydrogen) atoms. The van der Waals surface area contributed by atoms with Gasteiger partial charge in [0.15, 0.2) is 0 Å². The minimum atomic E-state index is -0.633.